The first-order valence-corrected chi connectivity index (χ1v) is 6.35. The first kappa shape index (κ1) is 14.7. The summed E-state index contributed by atoms with van der Waals surface area (Å²) in [6.07, 6.45) is 0. The molecule has 1 aromatic carbocycles. The number of ether oxygens (including phenoxy) is 1. The summed E-state index contributed by atoms with van der Waals surface area (Å²) in [6.45, 7) is 4.60. The van der Waals surface area contributed by atoms with E-state index in [9.17, 15) is 9.59 Å². The van der Waals surface area contributed by atoms with Crippen molar-refractivity contribution in [2.24, 2.45) is 0 Å². The van der Waals surface area contributed by atoms with Gasteiger partial charge in [0.25, 0.3) is 0 Å². The minimum atomic E-state index is -0.706. The van der Waals surface area contributed by atoms with Crippen LogP contribution in [0.3, 0.4) is 0 Å². The van der Waals surface area contributed by atoms with Gasteiger partial charge in [-0.1, -0.05) is 5.16 Å². The zero-order valence-corrected chi connectivity index (χ0v) is 11.9. The number of hydrogen-bond acceptors (Lipinski definition) is 6. The summed E-state index contributed by atoms with van der Waals surface area (Å²) in [6, 6.07) is 5.98. The van der Waals surface area contributed by atoms with Crippen LogP contribution in [0.5, 0.6) is 5.75 Å². The van der Waals surface area contributed by atoms with E-state index < -0.39 is 12.0 Å². The Morgan fingerprint density at radius 2 is 1.95 bits per heavy atom. The lowest BCUT2D eigenvalue weighted by Gasteiger charge is -2.11. The Balaban J connectivity index is 2.02. The van der Waals surface area contributed by atoms with Crippen LogP contribution in [0.1, 0.15) is 19.7 Å². The molecule has 1 unspecified atom stereocenters. The Hall–Kier alpha value is -2.70. The van der Waals surface area contributed by atoms with Gasteiger partial charge in [0.05, 0.1) is 0 Å². The molecule has 2 aromatic rings. The van der Waals surface area contributed by atoms with Crippen LogP contribution in [-0.4, -0.2) is 28.1 Å². The molecule has 21 heavy (non-hydrogen) atoms. The predicted molar refractivity (Wildman–Crippen MR) is 73.4 cm³/mol. The highest BCUT2D eigenvalue weighted by molar-refractivity contribution is 5.84. The largest absolute Gasteiger partial charge is 0.425 e. The summed E-state index contributed by atoms with van der Waals surface area (Å²) in [5, 5.41) is 6.25. The summed E-state index contributed by atoms with van der Waals surface area (Å²) in [5.74, 6) is 0.499. The summed E-state index contributed by atoms with van der Waals surface area (Å²) < 4.78 is 10.1. The number of esters is 1. The van der Waals surface area contributed by atoms with Gasteiger partial charge in [0, 0.05) is 19.4 Å². The fourth-order valence-electron chi connectivity index (χ4n) is 1.66. The first-order chi connectivity index (χ1) is 9.95. The Labute approximate surface area is 121 Å². The fraction of sp³-hybridized carbons (Fsp3) is 0.286. The van der Waals surface area contributed by atoms with Crippen LogP contribution in [0.15, 0.2) is 28.8 Å². The van der Waals surface area contributed by atoms with E-state index in [-0.39, 0.29) is 5.91 Å². The monoisotopic (exact) mass is 289 g/mol. The van der Waals surface area contributed by atoms with Gasteiger partial charge in [0.1, 0.15) is 11.8 Å². The number of amides is 1. The highest BCUT2D eigenvalue weighted by Gasteiger charge is 2.16. The second-order valence-electron chi connectivity index (χ2n) is 4.50. The maximum atomic E-state index is 11.7. The number of aryl methyl sites for hydroxylation is 1. The minimum Gasteiger partial charge on any atom is -0.425 e. The van der Waals surface area contributed by atoms with Crippen LogP contribution >= 0.6 is 0 Å². The summed E-state index contributed by atoms with van der Waals surface area (Å²) in [4.78, 5) is 26.7. The molecule has 2 rings (SSSR count). The quantitative estimate of drug-likeness (QED) is 0.676. The Kier molecular flexibility index (Phi) is 4.32. The molecule has 0 aliphatic carbocycles. The molecule has 0 saturated carbocycles. The standard InChI is InChI=1S/C14H15N3O4/c1-8(15-9(2)18)14(19)20-12-6-4-11(5-7-12)13-16-10(3)21-17-13/h4-8H,1-3H3,(H,15,18). The molecule has 1 atom stereocenters. The average molecular weight is 289 g/mol. The van der Waals surface area contributed by atoms with Gasteiger partial charge < -0.3 is 14.6 Å². The highest BCUT2D eigenvalue weighted by Crippen LogP contribution is 2.20. The number of carbonyl (C=O) groups is 2. The van der Waals surface area contributed by atoms with Crippen LogP contribution in [-0.2, 0) is 9.59 Å². The van der Waals surface area contributed by atoms with Crippen LogP contribution in [0.25, 0.3) is 11.4 Å². The van der Waals surface area contributed by atoms with E-state index >= 15 is 0 Å². The van der Waals surface area contributed by atoms with Crippen molar-refractivity contribution in [2.45, 2.75) is 26.8 Å². The van der Waals surface area contributed by atoms with Crippen molar-refractivity contribution in [3.63, 3.8) is 0 Å². The number of nitrogens with zero attached hydrogens (tertiary/aromatic N) is 2. The Morgan fingerprint density at radius 3 is 2.48 bits per heavy atom. The molecule has 0 saturated heterocycles. The van der Waals surface area contributed by atoms with Crippen LogP contribution in [0, 0.1) is 6.92 Å². The van der Waals surface area contributed by atoms with Gasteiger partial charge in [-0.05, 0) is 31.2 Å². The van der Waals surface area contributed by atoms with E-state index in [0.29, 0.717) is 17.5 Å². The lowest BCUT2D eigenvalue weighted by molar-refractivity contribution is -0.138. The van der Waals surface area contributed by atoms with E-state index in [0.717, 1.165) is 5.56 Å². The van der Waals surface area contributed by atoms with E-state index in [1.807, 2.05) is 0 Å². The number of nitrogens with one attached hydrogen (secondary N) is 1. The number of carbonyl (C=O) groups excluding carboxylic acids is 2. The lowest BCUT2D eigenvalue weighted by atomic mass is 10.2. The lowest BCUT2D eigenvalue weighted by Crippen LogP contribution is -2.39. The van der Waals surface area contributed by atoms with Gasteiger partial charge in [0.15, 0.2) is 0 Å². The van der Waals surface area contributed by atoms with Gasteiger partial charge in [-0.25, -0.2) is 4.79 Å². The van der Waals surface area contributed by atoms with Crippen molar-refractivity contribution in [3.05, 3.63) is 30.2 Å². The molecule has 110 valence electrons. The van der Waals surface area contributed by atoms with E-state index in [2.05, 4.69) is 15.5 Å². The topological polar surface area (TPSA) is 94.3 Å². The van der Waals surface area contributed by atoms with Crippen molar-refractivity contribution < 1.29 is 18.8 Å². The minimum absolute atomic E-state index is 0.290. The molecule has 0 bridgehead atoms. The number of benzene rings is 1. The second-order valence-corrected chi connectivity index (χ2v) is 4.50. The first-order valence-electron chi connectivity index (χ1n) is 6.35. The van der Waals surface area contributed by atoms with E-state index in [1.165, 1.54) is 6.92 Å². The third-order valence-corrected chi connectivity index (χ3v) is 2.63. The summed E-state index contributed by atoms with van der Waals surface area (Å²) in [5.41, 5.74) is 0.751. The molecule has 1 N–H and O–H groups in total. The van der Waals surface area contributed by atoms with Crippen LogP contribution in [0.2, 0.25) is 0 Å². The molecule has 0 aliphatic heterocycles. The zero-order valence-electron chi connectivity index (χ0n) is 11.9. The van der Waals surface area contributed by atoms with Crippen molar-refractivity contribution in [3.8, 4) is 17.1 Å². The SMILES string of the molecule is CC(=O)NC(C)C(=O)Oc1ccc(-c2noc(C)n2)cc1. The molecular weight excluding hydrogens is 274 g/mol. The highest BCUT2D eigenvalue weighted by atomic mass is 16.5. The third kappa shape index (κ3) is 3.88. The molecular formula is C14H15N3O4. The fourth-order valence-corrected chi connectivity index (χ4v) is 1.66. The molecule has 1 heterocycles. The molecule has 0 aliphatic rings. The average Bonchev–Trinajstić information content (AvgIpc) is 2.85. The zero-order chi connectivity index (χ0) is 15.4. The molecule has 7 nitrogen and oxygen atoms in total. The maximum Gasteiger partial charge on any atom is 0.333 e. The molecule has 0 spiro atoms. The van der Waals surface area contributed by atoms with Crippen molar-refractivity contribution in [1.29, 1.82) is 0 Å². The van der Waals surface area contributed by atoms with Crippen molar-refractivity contribution >= 4 is 11.9 Å². The third-order valence-electron chi connectivity index (χ3n) is 2.63. The van der Waals surface area contributed by atoms with Crippen LogP contribution in [0.4, 0.5) is 0 Å². The summed E-state index contributed by atoms with van der Waals surface area (Å²) in [7, 11) is 0. The van der Waals surface area contributed by atoms with Crippen molar-refractivity contribution in [1.82, 2.24) is 15.5 Å². The number of aromatic nitrogens is 2. The van der Waals surface area contributed by atoms with E-state index in [4.69, 9.17) is 9.26 Å². The molecule has 7 heteroatoms. The van der Waals surface area contributed by atoms with Gasteiger partial charge >= 0.3 is 5.97 Å². The second kappa shape index (κ2) is 6.17. The predicted octanol–water partition coefficient (Wildman–Crippen LogP) is 1.48. The maximum absolute atomic E-state index is 11.7. The van der Waals surface area contributed by atoms with Crippen LogP contribution < -0.4 is 10.1 Å². The van der Waals surface area contributed by atoms with E-state index in [1.54, 1.807) is 38.1 Å². The molecule has 1 amide bonds. The smallest absolute Gasteiger partial charge is 0.333 e. The van der Waals surface area contributed by atoms with Gasteiger partial charge in [-0.15, -0.1) is 0 Å². The van der Waals surface area contributed by atoms with Gasteiger partial charge in [0.2, 0.25) is 17.6 Å². The van der Waals surface area contributed by atoms with Crippen molar-refractivity contribution in [2.75, 3.05) is 0 Å². The number of rotatable bonds is 4. The summed E-state index contributed by atoms with van der Waals surface area (Å²) >= 11 is 0. The molecule has 0 fully saturated rings. The van der Waals surface area contributed by atoms with Gasteiger partial charge in [-0.2, -0.15) is 4.98 Å². The molecule has 1 aromatic heterocycles. The normalized spacial score (nSPS) is 11.8. The Morgan fingerprint density at radius 1 is 1.29 bits per heavy atom. The van der Waals surface area contributed by atoms with Gasteiger partial charge in [-0.3, -0.25) is 4.79 Å². The Bertz CT molecular complexity index is 648. The molecule has 0 radical (unpaired) electrons. The number of hydrogen-bond donors (Lipinski definition) is 1.